The van der Waals surface area contributed by atoms with Gasteiger partial charge in [-0.15, -0.1) is 0 Å². The van der Waals surface area contributed by atoms with Gasteiger partial charge in [-0.2, -0.15) is 0 Å². The van der Waals surface area contributed by atoms with Crippen LogP contribution in [0.2, 0.25) is 0 Å². The molecule has 1 aliphatic carbocycles. The fourth-order valence-corrected chi connectivity index (χ4v) is 3.76. The standard InChI is InChI=1S/C17H24O2/c1-17(18,15-9-10-19-12-15)11-14-7-4-6-13-5-2-3-8-16(13)14/h2-3,5,8,14-15,18H,4,6-7,9-12H2,1H3. The maximum absolute atomic E-state index is 10.8. The molecule has 1 heterocycles. The molecule has 2 aliphatic rings. The number of aryl methyl sites for hydroxylation is 1. The largest absolute Gasteiger partial charge is 0.390 e. The van der Waals surface area contributed by atoms with E-state index in [0.29, 0.717) is 11.8 Å². The highest BCUT2D eigenvalue weighted by atomic mass is 16.5. The summed E-state index contributed by atoms with van der Waals surface area (Å²) in [5.41, 5.74) is 2.36. The Morgan fingerprint density at radius 2 is 2.16 bits per heavy atom. The van der Waals surface area contributed by atoms with Gasteiger partial charge in [0.2, 0.25) is 0 Å². The van der Waals surface area contributed by atoms with Gasteiger partial charge in [0.25, 0.3) is 0 Å². The number of aliphatic hydroxyl groups is 1. The van der Waals surface area contributed by atoms with E-state index >= 15 is 0 Å². The molecular weight excluding hydrogens is 236 g/mol. The van der Waals surface area contributed by atoms with Crippen molar-refractivity contribution < 1.29 is 9.84 Å². The molecule has 1 aliphatic heterocycles. The van der Waals surface area contributed by atoms with Gasteiger partial charge in [-0.25, -0.2) is 0 Å². The van der Waals surface area contributed by atoms with Crippen molar-refractivity contribution >= 4 is 0 Å². The lowest BCUT2D eigenvalue weighted by Crippen LogP contribution is -2.37. The number of ether oxygens (including phenoxy) is 1. The van der Waals surface area contributed by atoms with Crippen LogP contribution in [0.25, 0.3) is 0 Å². The first-order chi connectivity index (χ1) is 9.17. The predicted molar refractivity (Wildman–Crippen MR) is 76.3 cm³/mol. The van der Waals surface area contributed by atoms with E-state index in [0.717, 1.165) is 26.1 Å². The Labute approximate surface area is 115 Å². The first-order valence-electron chi connectivity index (χ1n) is 7.55. The van der Waals surface area contributed by atoms with Gasteiger partial charge in [-0.05, 0) is 56.1 Å². The second-order valence-corrected chi connectivity index (χ2v) is 6.41. The van der Waals surface area contributed by atoms with E-state index in [1.54, 1.807) is 0 Å². The van der Waals surface area contributed by atoms with Crippen molar-refractivity contribution in [2.75, 3.05) is 13.2 Å². The zero-order chi connectivity index (χ0) is 13.3. The molecule has 0 amide bonds. The number of benzene rings is 1. The Kier molecular flexibility index (Phi) is 3.64. The Hall–Kier alpha value is -0.860. The molecular formula is C17H24O2. The maximum Gasteiger partial charge on any atom is 0.0676 e. The monoisotopic (exact) mass is 260 g/mol. The number of hydrogen-bond donors (Lipinski definition) is 1. The fourth-order valence-electron chi connectivity index (χ4n) is 3.76. The van der Waals surface area contributed by atoms with Gasteiger partial charge in [0.15, 0.2) is 0 Å². The summed E-state index contributed by atoms with van der Waals surface area (Å²) in [5.74, 6) is 0.821. The van der Waals surface area contributed by atoms with E-state index in [2.05, 4.69) is 24.3 Å². The van der Waals surface area contributed by atoms with Crippen LogP contribution in [0.4, 0.5) is 0 Å². The fraction of sp³-hybridized carbons (Fsp3) is 0.647. The highest BCUT2D eigenvalue weighted by Gasteiger charge is 2.37. The minimum absolute atomic E-state index is 0.307. The molecule has 3 unspecified atom stereocenters. The summed E-state index contributed by atoms with van der Waals surface area (Å²) in [6, 6.07) is 8.75. The third-order valence-electron chi connectivity index (χ3n) is 4.96. The summed E-state index contributed by atoms with van der Waals surface area (Å²) in [7, 11) is 0. The quantitative estimate of drug-likeness (QED) is 0.903. The van der Waals surface area contributed by atoms with Crippen LogP contribution in [0.5, 0.6) is 0 Å². The van der Waals surface area contributed by atoms with Crippen molar-refractivity contribution in [2.24, 2.45) is 5.92 Å². The van der Waals surface area contributed by atoms with Crippen molar-refractivity contribution in [2.45, 2.75) is 50.5 Å². The minimum Gasteiger partial charge on any atom is -0.390 e. The van der Waals surface area contributed by atoms with Crippen LogP contribution in [-0.4, -0.2) is 23.9 Å². The van der Waals surface area contributed by atoms with Crippen molar-refractivity contribution in [3.63, 3.8) is 0 Å². The summed E-state index contributed by atoms with van der Waals surface area (Å²) >= 11 is 0. The van der Waals surface area contributed by atoms with Gasteiger partial charge < -0.3 is 9.84 Å². The Bertz CT molecular complexity index is 433. The van der Waals surface area contributed by atoms with Gasteiger partial charge in [0.1, 0.15) is 0 Å². The maximum atomic E-state index is 10.8. The molecule has 2 nitrogen and oxygen atoms in total. The van der Waals surface area contributed by atoms with E-state index in [4.69, 9.17) is 4.74 Å². The smallest absolute Gasteiger partial charge is 0.0676 e. The van der Waals surface area contributed by atoms with E-state index in [1.165, 1.54) is 30.4 Å². The highest BCUT2D eigenvalue weighted by molar-refractivity contribution is 5.32. The third-order valence-corrected chi connectivity index (χ3v) is 4.96. The molecule has 0 aromatic heterocycles. The van der Waals surface area contributed by atoms with Crippen molar-refractivity contribution in [1.82, 2.24) is 0 Å². The molecule has 1 N–H and O–H groups in total. The molecule has 1 aromatic rings. The molecule has 0 radical (unpaired) electrons. The van der Waals surface area contributed by atoms with Gasteiger partial charge in [-0.1, -0.05) is 24.3 Å². The topological polar surface area (TPSA) is 29.5 Å². The molecule has 1 fully saturated rings. The molecule has 1 aromatic carbocycles. The van der Waals surface area contributed by atoms with Crippen LogP contribution in [-0.2, 0) is 11.2 Å². The molecule has 19 heavy (non-hydrogen) atoms. The first-order valence-corrected chi connectivity index (χ1v) is 7.55. The molecule has 2 heteroatoms. The lowest BCUT2D eigenvalue weighted by atomic mass is 9.73. The Morgan fingerprint density at radius 3 is 2.95 bits per heavy atom. The van der Waals surface area contributed by atoms with Crippen LogP contribution in [0.3, 0.4) is 0 Å². The zero-order valence-corrected chi connectivity index (χ0v) is 11.8. The number of fused-ring (bicyclic) bond motifs is 1. The summed E-state index contributed by atoms with van der Waals surface area (Å²) in [4.78, 5) is 0. The Morgan fingerprint density at radius 1 is 1.32 bits per heavy atom. The van der Waals surface area contributed by atoms with Gasteiger partial charge in [-0.3, -0.25) is 0 Å². The summed E-state index contributed by atoms with van der Waals surface area (Å²) in [6.45, 7) is 3.53. The van der Waals surface area contributed by atoms with E-state index in [9.17, 15) is 5.11 Å². The molecule has 104 valence electrons. The van der Waals surface area contributed by atoms with Gasteiger partial charge in [0, 0.05) is 12.5 Å². The van der Waals surface area contributed by atoms with Crippen molar-refractivity contribution in [3.8, 4) is 0 Å². The summed E-state index contributed by atoms with van der Waals surface area (Å²) in [6.07, 6.45) is 5.53. The van der Waals surface area contributed by atoms with Crippen molar-refractivity contribution in [3.05, 3.63) is 35.4 Å². The van der Waals surface area contributed by atoms with Gasteiger partial charge in [0.05, 0.1) is 12.2 Å². The first kappa shape index (κ1) is 13.1. The lowest BCUT2D eigenvalue weighted by Gasteiger charge is -2.35. The van der Waals surface area contributed by atoms with Crippen LogP contribution in [0, 0.1) is 5.92 Å². The zero-order valence-electron chi connectivity index (χ0n) is 11.8. The summed E-state index contributed by atoms with van der Waals surface area (Å²) < 4.78 is 5.44. The predicted octanol–water partition coefficient (Wildman–Crippen LogP) is 3.28. The minimum atomic E-state index is -0.592. The summed E-state index contributed by atoms with van der Waals surface area (Å²) in [5, 5.41) is 10.8. The second kappa shape index (κ2) is 5.26. The third kappa shape index (κ3) is 2.70. The van der Waals surface area contributed by atoms with Crippen LogP contribution in [0.15, 0.2) is 24.3 Å². The van der Waals surface area contributed by atoms with E-state index in [1.807, 2.05) is 6.92 Å². The molecule has 0 bridgehead atoms. The van der Waals surface area contributed by atoms with E-state index in [-0.39, 0.29) is 0 Å². The number of hydrogen-bond acceptors (Lipinski definition) is 2. The second-order valence-electron chi connectivity index (χ2n) is 6.41. The highest BCUT2D eigenvalue weighted by Crippen LogP contribution is 2.40. The molecule has 0 saturated carbocycles. The average molecular weight is 260 g/mol. The number of rotatable bonds is 3. The molecule has 3 rings (SSSR count). The van der Waals surface area contributed by atoms with Crippen LogP contribution in [0.1, 0.15) is 49.7 Å². The lowest BCUT2D eigenvalue weighted by molar-refractivity contribution is -0.0191. The van der Waals surface area contributed by atoms with Crippen molar-refractivity contribution in [1.29, 1.82) is 0 Å². The normalized spacial score (nSPS) is 29.8. The SMILES string of the molecule is CC(O)(CC1CCCc2ccccc21)C1CCOC1. The van der Waals surface area contributed by atoms with Crippen LogP contribution < -0.4 is 0 Å². The average Bonchev–Trinajstić information content (AvgIpc) is 2.93. The Balaban J connectivity index is 1.76. The molecule has 3 atom stereocenters. The molecule has 0 spiro atoms. The molecule has 1 saturated heterocycles. The van der Waals surface area contributed by atoms with E-state index < -0.39 is 5.60 Å². The van der Waals surface area contributed by atoms with Crippen LogP contribution >= 0.6 is 0 Å². The van der Waals surface area contributed by atoms with Gasteiger partial charge >= 0.3 is 0 Å².